The number of fused-ring (bicyclic) bond motifs is 2. The predicted molar refractivity (Wildman–Crippen MR) is 105 cm³/mol. The van der Waals surface area contributed by atoms with Gasteiger partial charge >= 0.3 is 0 Å². The van der Waals surface area contributed by atoms with E-state index in [1.807, 2.05) is 30.3 Å². The SMILES string of the molecule is Nc1ccc2c(c1)CCCC2NC(=O)CCn1cnc2ccccc2c1=O. The van der Waals surface area contributed by atoms with E-state index in [0.29, 0.717) is 17.4 Å². The first-order chi connectivity index (χ1) is 13.1. The highest BCUT2D eigenvalue weighted by Gasteiger charge is 2.21. The maximum atomic E-state index is 12.5. The van der Waals surface area contributed by atoms with E-state index in [9.17, 15) is 9.59 Å². The predicted octanol–water partition coefficient (Wildman–Crippen LogP) is 2.56. The molecule has 0 aliphatic heterocycles. The first-order valence-electron chi connectivity index (χ1n) is 9.23. The van der Waals surface area contributed by atoms with Crippen LogP contribution < -0.4 is 16.6 Å². The van der Waals surface area contributed by atoms with E-state index < -0.39 is 0 Å². The van der Waals surface area contributed by atoms with Crippen LogP contribution in [0.5, 0.6) is 0 Å². The van der Waals surface area contributed by atoms with Gasteiger partial charge in [0.05, 0.1) is 23.3 Å². The topological polar surface area (TPSA) is 90.0 Å². The number of anilines is 1. The fourth-order valence-corrected chi connectivity index (χ4v) is 3.74. The van der Waals surface area contributed by atoms with Crippen LogP contribution in [0.2, 0.25) is 0 Å². The van der Waals surface area contributed by atoms with Crippen molar-refractivity contribution in [2.24, 2.45) is 0 Å². The van der Waals surface area contributed by atoms with Crippen molar-refractivity contribution < 1.29 is 4.79 Å². The second-order valence-corrected chi connectivity index (χ2v) is 6.98. The molecule has 6 heteroatoms. The molecule has 1 atom stereocenters. The van der Waals surface area contributed by atoms with Crippen LogP contribution in [-0.2, 0) is 17.8 Å². The first kappa shape index (κ1) is 17.3. The minimum atomic E-state index is -0.119. The summed E-state index contributed by atoms with van der Waals surface area (Å²) in [5, 5.41) is 3.67. The molecule has 1 aliphatic carbocycles. The van der Waals surface area contributed by atoms with Crippen molar-refractivity contribution in [3.63, 3.8) is 0 Å². The number of hydrogen-bond donors (Lipinski definition) is 2. The minimum Gasteiger partial charge on any atom is -0.399 e. The first-order valence-corrected chi connectivity index (χ1v) is 9.23. The van der Waals surface area contributed by atoms with Crippen LogP contribution >= 0.6 is 0 Å². The van der Waals surface area contributed by atoms with Crippen molar-refractivity contribution in [1.82, 2.24) is 14.9 Å². The van der Waals surface area contributed by atoms with E-state index in [2.05, 4.69) is 10.3 Å². The summed E-state index contributed by atoms with van der Waals surface area (Å²) in [5.41, 5.74) is 9.53. The number of para-hydroxylation sites is 1. The summed E-state index contributed by atoms with van der Waals surface area (Å²) in [7, 11) is 0. The van der Waals surface area contributed by atoms with Gasteiger partial charge in [-0.3, -0.25) is 14.2 Å². The number of nitrogens with two attached hydrogens (primary N) is 1. The molecule has 1 amide bonds. The Bertz CT molecular complexity index is 1060. The van der Waals surface area contributed by atoms with Crippen molar-refractivity contribution in [1.29, 1.82) is 0 Å². The second kappa shape index (κ2) is 7.23. The zero-order valence-electron chi connectivity index (χ0n) is 15.0. The zero-order valence-corrected chi connectivity index (χ0v) is 15.0. The van der Waals surface area contributed by atoms with Gasteiger partial charge in [-0.15, -0.1) is 0 Å². The molecule has 0 saturated carbocycles. The average molecular weight is 362 g/mol. The van der Waals surface area contributed by atoms with Gasteiger partial charge < -0.3 is 11.1 Å². The molecule has 27 heavy (non-hydrogen) atoms. The number of nitrogens with zero attached hydrogens (tertiary/aromatic N) is 2. The number of amides is 1. The van der Waals surface area contributed by atoms with E-state index >= 15 is 0 Å². The van der Waals surface area contributed by atoms with Gasteiger partial charge in [-0.25, -0.2) is 4.98 Å². The number of carbonyl (C=O) groups is 1. The molecule has 6 nitrogen and oxygen atoms in total. The monoisotopic (exact) mass is 362 g/mol. The van der Waals surface area contributed by atoms with E-state index in [1.54, 1.807) is 12.1 Å². The number of hydrogen-bond acceptors (Lipinski definition) is 4. The van der Waals surface area contributed by atoms with Crippen LogP contribution in [-0.4, -0.2) is 15.5 Å². The van der Waals surface area contributed by atoms with Crippen molar-refractivity contribution in [3.8, 4) is 0 Å². The fourth-order valence-electron chi connectivity index (χ4n) is 3.74. The third-order valence-electron chi connectivity index (χ3n) is 5.13. The number of nitrogens with one attached hydrogen (secondary N) is 1. The number of carbonyl (C=O) groups excluding carboxylic acids is 1. The van der Waals surface area contributed by atoms with Crippen molar-refractivity contribution in [3.05, 3.63) is 70.3 Å². The lowest BCUT2D eigenvalue weighted by atomic mass is 9.87. The molecule has 1 unspecified atom stereocenters. The molecule has 1 aliphatic rings. The normalized spacial score (nSPS) is 16.1. The standard InChI is InChI=1S/C21H22N4O2/c22-15-8-9-16-14(12-15)4-3-7-19(16)24-20(26)10-11-25-13-23-18-6-2-1-5-17(18)21(25)27/h1-2,5-6,8-9,12-13,19H,3-4,7,10-11,22H2,(H,24,26). The molecule has 3 N–H and O–H groups in total. The van der Waals surface area contributed by atoms with Crippen LogP contribution in [0, 0.1) is 0 Å². The smallest absolute Gasteiger partial charge is 0.261 e. The Morgan fingerprint density at radius 3 is 3.00 bits per heavy atom. The molecular weight excluding hydrogens is 340 g/mol. The molecule has 0 radical (unpaired) electrons. The van der Waals surface area contributed by atoms with E-state index in [-0.39, 0.29) is 23.9 Å². The van der Waals surface area contributed by atoms with Gasteiger partial charge in [-0.1, -0.05) is 18.2 Å². The highest BCUT2D eigenvalue weighted by molar-refractivity contribution is 5.78. The van der Waals surface area contributed by atoms with Crippen molar-refractivity contribution in [2.45, 2.75) is 38.3 Å². The van der Waals surface area contributed by atoms with Crippen LogP contribution in [0.3, 0.4) is 0 Å². The Morgan fingerprint density at radius 2 is 2.11 bits per heavy atom. The Kier molecular flexibility index (Phi) is 4.62. The van der Waals surface area contributed by atoms with Crippen LogP contribution in [0.25, 0.3) is 10.9 Å². The summed E-state index contributed by atoms with van der Waals surface area (Å²) >= 11 is 0. The maximum Gasteiger partial charge on any atom is 0.261 e. The van der Waals surface area contributed by atoms with Crippen LogP contribution in [0.15, 0.2) is 53.6 Å². The lowest BCUT2D eigenvalue weighted by Crippen LogP contribution is -2.32. The molecule has 1 heterocycles. The highest BCUT2D eigenvalue weighted by Crippen LogP contribution is 2.31. The second-order valence-electron chi connectivity index (χ2n) is 6.98. The zero-order chi connectivity index (χ0) is 18.8. The number of benzene rings is 2. The summed E-state index contributed by atoms with van der Waals surface area (Å²) in [6, 6.07) is 13.1. The molecule has 3 aromatic rings. The van der Waals surface area contributed by atoms with Crippen LogP contribution in [0.4, 0.5) is 5.69 Å². The molecule has 138 valence electrons. The molecule has 0 spiro atoms. The van der Waals surface area contributed by atoms with E-state index in [4.69, 9.17) is 5.73 Å². The maximum absolute atomic E-state index is 12.5. The molecule has 4 rings (SSSR count). The molecule has 0 bridgehead atoms. The Morgan fingerprint density at radius 1 is 1.26 bits per heavy atom. The largest absolute Gasteiger partial charge is 0.399 e. The fraction of sp³-hybridized carbons (Fsp3) is 0.286. The van der Waals surface area contributed by atoms with Gasteiger partial charge in [-0.2, -0.15) is 0 Å². The Hall–Kier alpha value is -3.15. The van der Waals surface area contributed by atoms with Gasteiger partial charge in [0.15, 0.2) is 0 Å². The lowest BCUT2D eigenvalue weighted by molar-refractivity contribution is -0.122. The molecule has 2 aromatic carbocycles. The molecular formula is C21H22N4O2. The van der Waals surface area contributed by atoms with E-state index in [1.165, 1.54) is 16.5 Å². The lowest BCUT2D eigenvalue weighted by Gasteiger charge is -2.26. The van der Waals surface area contributed by atoms with E-state index in [0.717, 1.165) is 30.5 Å². The molecule has 1 aromatic heterocycles. The number of aryl methyl sites for hydroxylation is 2. The number of nitrogen functional groups attached to an aromatic ring is 1. The highest BCUT2D eigenvalue weighted by atomic mass is 16.2. The Balaban J connectivity index is 1.44. The third kappa shape index (κ3) is 3.56. The molecule has 0 saturated heterocycles. The van der Waals surface area contributed by atoms with Gasteiger partial charge in [0.25, 0.3) is 5.56 Å². The third-order valence-corrected chi connectivity index (χ3v) is 5.13. The van der Waals surface area contributed by atoms with Gasteiger partial charge in [-0.05, 0) is 54.7 Å². The number of aromatic nitrogens is 2. The summed E-state index contributed by atoms with van der Waals surface area (Å²) < 4.78 is 1.50. The van der Waals surface area contributed by atoms with Crippen molar-refractivity contribution in [2.75, 3.05) is 5.73 Å². The molecule has 0 fully saturated rings. The van der Waals surface area contributed by atoms with Gasteiger partial charge in [0.1, 0.15) is 0 Å². The number of rotatable bonds is 4. The summed E-state index contributed by atoms with van der Waals surface area (Å²) in [6.45, 7) is 0.309. The quantitative estimate of drug-likeness (QED) is 0.698. The van der Waals surface area contributed by atoms with Crippen molar-refractivity contribution >= 4 is 22.5 Å². The summed E-state index contributed by atoms with van der Waals surface area (Å²) in [4.78, 5) is 29.3. The summed E-state index contributed by atoms with van der Waals surface area (Å²) in [5.74, 6) is -0.0651. The summed E-state index contributed by atoms with van der Waals surface area (Å²) in [6.07, 6.45) is 4.68. The van der Waals surface area contributed by atoms with Gasteiger partial charge in [0.2, 0.25) is 5.91 Å². The van der Waals surface area contributed by atoms with Gasteiger partial charge in [0, 0.05) is 18.7 Å². The van der Waals surface area contributed by atoms with Crippen LogP contribution in [0.1, 0.15) is 36.4 Å². The average Bonchev–Trinajstić information content (AvgIpc) is 2.67. The Labute approximate surface area is 157 Å². The minimum absolute atomic E-state index is 0.00769.